The largest absolute Gasteiger partial charge is 0.507 e. The molecule has 3 aromatic rings. The van der Waals surface area contributed by atoms with Gasteiger partial charge in [-0.05, 0) is 74.7 Å². The van der Waals surface area contributed by atoms with Gasteiger partial charge in [0, 0.05) is 45.7 Å². The Labute approximate surface area is 260 Å². The molecule has 5 nitrogen and oxygen atoms in total. The number of phenols is 1. The number of nitriles is 1. The molecule has 0 saturated carbocycles. The molecule has 0 spiro atoms. The van der Waals surface area contributed by atoms with Gasteiger partial charge < -0.3 is 14.7 Å². The zero-order valence-electron chi connectivity index (χ0n) is 25.4. The number of hydrogen-bond donors (Lipinski definition) is 1. The quantitative estimate of drug-likeness (QED) is 0.169. The number of unbranched alkanes of at least 4 members (excludes halogenated alkanes) is 2. The van der Waals surface area contributed by atoms with E-state index in [1.165, 1.54) is 0 Å². The molecule has 220 valence electrons. The Hall–Kier alpha value is -4.52. The first-order valence-corrected chi connectivity index (χ1v) is 15.7. The molecule has 1 aliphatic heterocycles. The van der Waals surface area contributed by atoms with Crippen molar-refractivity contribution < 1.29 is 9.84 Å². The maximum Gasteiger partial charge on any atom is 0.236 e. The normalized spacial score (nSPS) is 17.7. The van der Waals surface area contributed by atoms with E-state index in [9.17, 15) is 10.4 Å². The summed E-state index contributed by atoms with van der Waals surface area (Å²) >= 11 is 1.62. The van der Waals surface area contributed by atoms with Crippen molar-refractivity contribution in [2.45, 2.75) is 59.0 Å². The molecule has 0 fully saturated rings. The lowest BCUT2D eigenvalue weighted by Gasteiger charge is -2.28. The Morgan fingerprint density at radius 1 is 1.00 bits per heavy atom. The number of anilines is 1. The van der Waals surface area contributed by atoms with Crippen molar-refractivity contribution in [2.75, 3.05) is 18.0 Å². The molecular weight excluding hydrogens is 550 g/mol. The van der Waals surface area contributed by atoms with E-state index < -0.39 is 5.60 Å². The standard InChI is InChI=1S/C37H39N3O2S/c1-6-8-23-40(24-9-7-2)30-17-15-28(34(41)25-30)16-18-31-19-20-32(43-31)21-22-33-35(39-5)36(27(3)26-38)42-37(33,4)29-13-11-10-12-14-29/h10-22,25,41H,6-9,23-24H2,1-4H3/b18-16+,22-21+,36-27+. The molecule has 2 aromatic carbocycles. The van der Waals surface area contributed by atoms with Gasteiger partial charge in [0.15, 0.2) is 0 Å². The minimum Gasteiger partial charge on any atom is -0.507 e. The molecule has 6 heteroatoms. The summed E-state index contributed by atoms with van der Waals surface area (Å²) in [5, 5.41) is 20.3. The molecule has 1 N–H and O–H groups in total. The van der Waals surface area contributed by atoms with Crippen molar-refractivity contribution in [1.82, 2.24) is 0 Å². The molecule has 0 saturated heterocycles. The van der Waals surface area contributed by atoms with Gasteiger partial charge >= 0.3 is 0 Å². The second-order valence-corrected chi connectivity index (χ2v) is 11.9. The van der Waals surface area contributed by atoms with E-state index >= 15 is 0 Å². The van der Waals surface area contributed by atoms with Crippen LogP contribution in [-0.2, 0) is 10.3 Å². The average molecular weight is 590 g/mol. The summed E-state index contributed by atoms with van der Waals surface area (Å²) in [6.07, 6.45) is 12.4. The number of nitrogens with zero attached hydrogens (tertiary/aromatic N) is 3. The van der Waals surface area contributed by atoms with Crippen LogP contribution in [0, 0.1) is 17.9 Å². The summed E-state index contributed by atoms with van der Waals surface area (Å²) in [6.45, 7) is 17.9. The van der Waals surface area contributed by atoms with Crippen molar-refractivity contribution in [1.29, 1.82) is 5.26 Å². The molecule has 0 amide bonds. The third kappa shape index (κ3) is 7.28. The lowest BCUT2D eigenvalue weighted by molar-refractivity contribution is 0.0750. The fourth-order valence-electron chi connectivity index (χ4n) is 5.10. The van der Waals surface area contributed by atoms with E-state index in [0.717, 1.165) is 70.9 Å². The SMILES string of the molecule is [C-]#[N+]C1=C(/C=C/c2ccc(/C=C/c3ccc(N(CCCC)CCCC)cc3O)s2)C(C)(c2ccccc2)O/C1=C(\C)C#N. The first-order chi connectivity index (χ1) is 20.8. The number of hydrogen-bond acceptors (Lipinski definition) is 5. The summed E-state index contributed by atoms with van der Waals surface area (Å²) in [4.78, 5) is 8.21. The van der Waals surface area contributed by atoms with Crippen LogP contribution in [-0.4, -0.2) is 18.2 Å². The summed E-state index contributed by atoms with van der Waals surface area (Å²) in [7, 11) is 0. The van der Waals surface area contributed by atoms with Crippen molar-refractivity contribution in [3.05, 3.63) is 122 Å². The van der Waals surface area contributed by atoms with Crippen molar-refractivity contribution in [3.63, 3.8) is 0 Å². The third-order valence-corrected chi connectivity index (χ3v) is 8.68. The van der Waals surface area contributed by atoms with Crippen LogP contribution >= 0.6 is 11.3 Å². The Balaban J connectivity index is 1.56. The summed E-state index contributed by atoms with van der Waals surface area (Å²) in [5.74, 6) is 0.614. The maximum atomic E-state index is 10.8. The van der Waals surface area contributed by atoms with Crippen molar-refractivity contribution in [3.8, 4) is 11.8 Å². The van der Waals surface area contributed by atoms with E-state index in [2.05, 4.69) is 35.7 Å². The summed E-state index contributed by atoms with van der Waals surface area (Å²) in [6, 6.07) is 22.0. The Morgan fingerprint density at radius 3 is 2.23 bits per heavy atom. The van der Waals surface area contributed by atoms with Crippen LogP contribution in [0.2, 0.25) is 0 Å². The zero-order valence-corrected chi connectivity index (χ0v) is 26.2. The topological polar surface area (TPSA) is 60.9 Å². The first-order valence-electron chi connectivity index (χ1n) is 14.9. The lowest BCUT2D eigenvalue weighted by atomic mass is 9.87. The van der Waals surface area contributed by atoms with Gasteiger partial charge in [0.2, 0.25) is 5.70 Å². The highest BCUT2D eigenvalue weighted by Crippen LogP contribution is 2.47. The Kier molecular flexibility index (Phi) is 10.7. The predicted octanol–water partition coefficient (Wildman–Crippen LogP) is 9.96. The fraction of sp³-hybridized carbons (Fsp3) is 0.297. The fourth-order valence-corrected chi connectivity index (χ4v) is 5.92. The van der Waals surface area contributed by atoms with E-state index in [1.807, 2.05) is 85.8 Å². The number of phenolic OH excluding ortho intramolecular Hbond substituents is 1. The molecule has 0 radical (unpaired) electrons. The van der Waals surface area contributed by atoms with Gasteiger partial charge in [-0.3, -0.25) is 0 Å². The van der Waals surface area contributed by atoms with Crippen LogP contribution in [0.4, 0.5) is 5.69 Å². The zero-order chi connectivity index (χ0) is 30.8. The van der Waals surface area contributed by atoms with Gasteiger partial charge in [-0.25, -0.2) is 4.85 Å². The van der Waals surface area contributed by atoms with Gasteiger partial charge in [0.05, 0.1) is 18.2 Å². The predicted molar refractivity (Wildman–Crippen MR) is 179 cm³/mol. The molecule has 1 atom stereocenters. The summed E-state index contributed by atoms with van der Waals surface area (Å²) < 4.78 is 6.34. The van der Waals surface area contributed by atoms with Gasteiger partial charge in [-0.2, -0.15) is 5.26 Å². The third-order valence-electron chi connectivity index (χ3n) is 7.67. The second-order valence-electron chi connectivity index (χ2n) is 10.8. The van der Waals surface area contributed by atoms with Crippen molar-refractivity contribution in [2.24, 2.45) is 0 Å². The minimum absolute atomic E-state index is 0.278. The van der Waals surface area contributed by atoms with Crippen LogP contribution in [0.1, 0.15) is 74.3 Å². The molecule has 1 aliphatic rings. The average Bonchev–Trinajstić information content (AvgIpc) is 3.61. The number of thiophene rings is 1. The van der Waals surface area contributed by atoms with E-state index in [1.54, 1.807) is 18.3 Å². The smallest absolute Gasteiger partial charge is 0.236 e. The van der Waals surface area contributed by atoms with Gasteiger partial charge in [-0.15, -0.1) is 11.3 Å². The molecule has 1 unspecified atom stereocenters. The minimum atomic E-state index is -0.891. The number of rotatable bonds is 12. The van der Waals surface area contributed by atoms with Crippen LogP contribution in [0.15, 0.2) is 89.3 Å². The van der Waals surface area contributed by atoms with Crippen LogP contribution in [0.5, 0.6) is 5.75 Å². The summed E-state index contributed by atoms with van der Waals surface area (Å²) in [5.41, 5.74) is 3.33. The Morgan fingerprint density at radius 2 is 1.65 bits per heavy atom. The van der Waals surface area contributed by atoms with Gasteiger partial charge in [0.25, 0.3) is 0 Å². The van der Waals surface area contributed by atoms with Gasteiger partial charge in [0.1, 0.15) is 17.1 Å². The molecule has 2 heterocycles. The highest BCUT2D eigenvalue weighted by Gasteiger charge is 2.43. The molecular formula is C37H39N3O2S. The molecule has 0 aliphatic carbocycles. The molecule has 43 heavy (non-hydrogen) atoms. The lowest BCUT2D eigenvalue weighted by Crippen LogP contribution is -2.25. The second kappa shape index (κ2) is 14.6. The number of benzene rings is 2. The maximum absolute atomic E-state index is 10.8. The molecule has 0 bridgehead atoms. The van der Waals surface area contributed by atoms with E-state index in [0.29, 0.717) is 17.0 Å². The highest BCUT2D eigenvalue weighted by atomic mass is 32.1. The van der Waals surface area contributed by atoms with Crippen molar-refractivity contribution >= 4 is 35.3 Å². The van der Waals surface area contributed by atoms with Crippen LogP contribution in [0.25, 0.3) is 23.1 Å². The van der Waals surface area contributed by atoms with Crippen LogP contribution < -0.4 is 4.90 Å². The first kappa shape index (κ1) is 31.4. The molecule has 4 rings (SSSR count). The highest BCUT2D eigenvalue weighted by molar-refractivity contribution is 7.13. The monoisotopic (exact) mass is 589 g/mol. The van der Waals surface area contributed by atoms with E-state index in [4.69, 9.17) is 11.3 Å². The van der Waals surface area contributed by atoms with Crippen LogP contribution in [0.3, 0.4) is 0 Å². The van der Waals surface area contributed by atoms with E-state index in [-0.39, 0.29) is 5.75 Å². The Bertz CT molecular complexity index is 1620. The number of allylic oxidation sites excluding steroid dienone is 1. The number of ether oxygens (including phenoxy) is 1. The molecule has 1 aromatic heterocycles. The number of aromatic hydroxyl groups is 1. The van der Waals surface area contributed by atoms with Gasteiger partial charge in [-0.1, -0.05) is 63.1 Å².